The van der Waals surface area contributed by atoms with Crippen molar-refractivity contribution in [2.75, 3.05) is 18.4 Å². The predicted molar refractivity (Wildman–Crippen MR) is 78.5 cm³/mol. The molecule has 0 atom stereocenters. The summed E-state index contributed by atoms with van der Waals surface area (Å²) >= 11 is 0. The van der Waals surface area contributed by atoms with Crippen molar-refractivity contribution < 1.29 is 4.79 Å². The second-order valence-electron chi connectivity index (χ2n) is 5.29. The minimum absolute atomic E-state index is 0.0105. The van der Waals surface area contributed by atoms with Crippen molar-refractivity contribution in [2.24, 2.45) is 5.92 Å². The Hall–Kier alpha value is -2.17. The van der Waals surface area contributed by atoms with Crippen LogP contribution < -0.4 is 10.6 Å². The number of benzene rings is 1. The van der Waals surface area contributed by atoms with Gasteiger partial charge in [-0.1, -0.05) is 12.1 Å². The highest BCUT2D eigenvalue weighted by atomic mass is 16.1. The van der Waals surface area contributed by atoms with Crippen LogP contribution in [0.5, 0.6) is 0 Å². The monoisotopic (exact) mass is 270 g/mol. The molecule has 3 rings (SSSR count). The van der Waals surface area contributed by atoms with Gasteiger partial charge >= 0.3 is 0 Å². The quantitative estimate of drug-likeness (QED) is 0.870. The van der Waals surface area contributed by atoms with Gasteiger partial charge in [0.1, 0.15) is 12.1 Å². The maximum absolute atomic E-state index is 11.7. The Morgan fingerprint density at radius 1 is 1.35 bits per heavy atom. The number of amides is 1. The maximum Gasteiger partial charge on any atom is 0.239 e. The summed E-state index contributed by atoms with van der Waals surface area (Å²) in [6, 6.07) is 5.95. The molecule has 1 aliphatic carbocycles. The molecular formula is C15H18N4O. The van der Waals surface area contributed by atoms with E-state index in [1.165, 1.54) is 19.2 Å². The smallest absolute Gasteiger partial charge is 0.239 e. The maximum atomic E-state index is 11.7. The first-order chi connectivity index (χ1) is 9.74. The highest BCUT2D eigenvalue weighted by molar-refractivity contribution is 5.92. The Morgan fingerprint density at radius 2 is 2.20 bits per heavy atom. The van der Waals surface area contributed by atoms with Crippen molar-refractivity contribution in [1.82, 2.24) is 15.3 Å². The summed E-state index contributed by atoms with van der Waals surface area (Å²) in [5.74, 6) is 1.41. The zero-order valence-corrected chi connectivity index (χ0v) is 11.5. The van der Waals surface area contributed by atoms with Crippen molar-refractivity contribution in [3.05, 3.63) is 30.1 Å². The van der Waals surface area contributed by atoms with Crippen LogP contribution in [-0.2, 0) is 4.79 Å². The van der Waals surface area contributed by atoms with Gasteiger partial charge in [-0.05, 0) is 37.3 Å². The molecule has 1 heterocycles. The number of aromatic nitrogens is 2. The zero-order valence-electron chi connectivity index (χ0n) is 11.5. The zero-order chi connectivity index (χ0) is 13.9. The molecule has 1 fully saturated rings. The van der Waals surface area contributed by atoms with Gasteiger partial charge in [-0.2, -0.15) is 0 Å². The van der Waals surface area contributed by atoms with Crippen LogP contribution in [-0.4, -0.2) is 29.0 Å². The van der Waals surface area contributed by atoms with Gasteiger partial charge in [-0.15, -0.1) is 0 Å². The molecular weight excluding hydrogens is 252 g/mol. The number of fused-ring (bicyclic) bond motifs is 1. The molecule has 0 bridgehead atoms. The molecule has 0 spiro atoms. The van der Waals surface area contributed by atoms with E-state index < -0.39 is 0 Å². The Balaban J connectivity index is 1.67. The van der Waals surface area contributed by atoms with Gasteiger partial charge in [0.15, 0.2) is 0 Å². The first-order valence-electron chi connectivity index (χ1n) is 6.95. The second kappa shape index (κ2) is 5.45. The van der Waals surface area contributed by atoms with Crippen molar-refractivity contribution in [1.29, 1.82) is 0 Å². The first-order valence-corrected chi connectivity index (χ1v) is 6.95. The molecule has 1 saturated carbocycles. The first kappa shape index (κ1) is 12.8. The fourth-order valence-electron chi connectivity index (χ4n) is 2.18. The standard InChI is InChI=1S/C15H18N4O/c1-10-3-2-4-12-14(10)18-9-19-15(12)17-8-13(20)16-7-11-5-6-11/h2-4,9,11H,5-8H2,1H3,(H,16,20)(H,17,18,19). The van der Waals surface area contributed by atoms with Crippen LogP contribution in [0.1, 0.15) is 18.4 Å². The SMILES string of the molecule is Cc1cccc2c(NCC(=O)NCC3CC3)ncnc12. The third-order valence-corrected chi connectivity index (χ3v) is 3.57. The average Bonchev–Trinajstić information content (AvgIpc) is 3.27. The lowest BCUT2D eigenvalue weighted by atomic mass is 10.1. The fourth-order valence-corrected chi connectivity index (χ4v) is 2.18. The minimum Gasteiger partial charge on any atom is -0.360 e. The Morgan fingerprint density at radius 3 is 3.00 bits per heavy atom. The highest BCUT2D eigenvalue weighted by Gasteiger charge is 2.21. The molecule has 5 nitrogen and oxygen atoms in total. The molecule has 104 valence electrons. The van der Waals surface area contributed by atoms with Gasteiger partial charge in [0, 0.05) is 11.9 Å². The Labute approximate surface area is 117 Å². The lowest BCUT2D eigenvalue weighted by molar-refractivity contribution is -0.119. The van der Waals surface area contributed by atoms with E-state index >= 15 is 0 Å². The molecule has 5 heteroatoms. The number of nitrogens with one attached hydrogen (secondary N) is 2. The number of nitrogens with zero attached hydrogens (tertiary/aromatic N) is 2. The van der Waals surface area contributed by atoms with Crippen LogP contribution in [0.25, 0.3) is 10.9 Å². The number of para-hydroxylation sites is 1. The molecule has 0 radical (unpaired) electrons. The van der Waals surface area contributed by atoms with Crippen LogP contribution in [0.2, 0.25) is 0 Å². The van der Waals surface area contributed by atoms with Crippen molar-refractivity contribution in [3.63, 3.8) is 0 Å². The van der Waals surface area contributed by atoms with E-state index in [1.54, 1.807) is 0 Å². The second-order valence-corrected chi connectivity index (χ2v) is 5.29. The highest BCUT2D eigenvalue weighted by Crippen LogP contribution is 2.27. The van der Waals surface area contributed by atoms with E-state index in [2.05, 4.69) is 20.6 Å². The summed E-state index contributed by atoms with van der Waals surface area (Å²) in [5, 5.41) is 6.97. The van der Waals surface area contributed by atoms with Crippen LogP contribution in [0.3, 0.4) is 0 Å². The number of aryl methyl sites for hydroxylation is 1. The molecule has 1 aromatic heterocycles. The molecule has 1 amide bonds. The van der Waals surface area contributed by atoms with E-state index in [9.17, 15) is 4.79 Å². The fraction of sp³-hybridized carbons (Fsp3) is 0.400. The minimum atomic E-state index is 0.0105. The third kappa shape index (κ3) is 2.87. The van der Waals surface area contributed by atoms with E-state index in [0.29, 0.717) is 11.7 Å². The lowest BCUT2D eigenvalue weighted by Crippen LogP contribution is -2.31. The van der Waals surface area contributed by atoms with Gasteiger partial charge < -0.3 is 10.6 Å². The number of hydrogen-bond donors (Lipinski definition) is 2. The van der Waals surface area contributed by atoms with Crippen molar-refractivity contribution >= 4 is 22.6 Å². The number of hydrogen-bond acceptors (Lipinski definition) is 4. The summed E-state index contributed by atoms with van der Waals surface area (Å²) in [6.45, 7) is 3.05. The van der Waals surface area contributed by atoms with Crippen LogP contribution in [0, 0.1) is 12.8 Å². The average molecular weight is 270 g/mol. The lowest BCUT2D eigenvalue weighted by Gasteiger charge is -2.09. The summed E-state index contributed by atoms with van der Waals surface area (Å²) in [5.41, 5.74) is 2.02. The molecule has 1 aromatic carbocycles. The number of rotatable bonds is 5. The van der Waals surface area contributed by atoms with Gasteiger partial charge in [-0.25, -0.2) is 9.97 Å². The van der Waals surface area contributed by atoms with Crippen LogP contribution in [0.4, 0.5) is 5.82 Å². The molecule has 0 aliphatic heterocycles. The van der Waals surface area contributed by atoms with Gasteiger partial charge in [-0.3, -0.25) is 4.79 Å². The van der Waals surface area contributed by atoms with Gasteiger partial charge in [0.2, 0.25) is 5.91 Å². The predicted octanol–water partition coefficient (Wildman–Crippen LogP) is 1.88. The van der Waals surface area contributed by atoms with E-state index in [0.717, 1.165) is 23.0 Å². The number of carbonyl (C=O) groups is 1. The Bertz CT molecular complexity index is 637. The van der Waals surface area contributed by atoms with Crippen LogP contribution in [0.15, 0.2) is 24.5 Å². The van der Waals surface area contributed by atoms with E-state index in [1.807, 2.05) is 25.1 Å². The summed E-state index contributed by atoms with van der Waals surface area (Å²) in [4.78, 5) is 20.2. The molecule has 0 unspecified atom stereocenters. The number of anilines is 1. The van der Waals surface area contributed by atoms with Crippen molar-refractivity contribution in [2.45, 2.75) is 19.8 Å². The number of carbonyl (C=O) groups excluding carboxylic acids is 1. The Kier molecular flexibility index (Phi) is 3.50. The van der Waals surface area contributed by atoms with Crippen LogP contribution >= 0.6 is 0 Å². The molecule has 1 aliphatic rings. The van der Waals surface area contributed by atoms with E-state index in [-0.39, 0.29) is 12.5 Å². The summed E-state index contributed by atoms with van der Waals surface area (Å²) < 4.78 is 0. The topological polar surface area (TPSA) is 66.9 Å². The van der Waals surface area contributed by atoms with Gasteiger partial charge in [0.25, 0.3) is 0 Å². The molecule has 20 heavy (non-hydrogen) atoms. The third-order valence-electron chi connectivity index (χ3n) is 3.57. The molecule has 2 N–H and O–H groups in total. The van der Waals surface area contributed by atoms with Crippen molar-refractivity contribution in [3.8, 4) is 0 Å². The van der Waals surface area contributed by atoms with Gasteiger partial charge in [0.05, 0.1) is 12.1 Å². The normalized spacial score (nSPS) is 14.2. The summed E-state index contributed by atoms with van der Waals surface area (Å²) in [7, 11) is 0. The van der Waals surface area contributed by atoms with E-state index in [4.69, 9.17) is 0 Å². The summed E-state index contributed by atoms with van der Waals surface area (Å²) in [6.07, 6.45) is 4.01. The largest absolute Gasteiger partial charge is 0.360 e. The molecule has 0 saturated heterocycles. The molecule has 2 aromatic rings.